The Hall–Kier alpha value is -1.84. The number of H-pyrrole nitrogens is 1. The second-order valence-corrected chi connectivity index (χ2v) is 6.45. The van der Waals surface area contributed by atoms with Gasteiger partial charge >= 0.3 is 0 Å². The number of hydrogen-bond acceptors (Lipinski definition) is 5. The molecule has 9 heteroatoms. The van der Waals surface area contributed by atoms with E-state index in [0.717, 1.165) is 0 Å². The molecule has 1 atom stereocenters. The van der Waals surface area contributed by atoms with Crippen molar-refractivity contribution in [3.8, 4) is 0 Å². The molecule has 2 rings (SSSR count). The lowest BCUT2D eigenvalue weighted by atomic mass is 10.2. The molecule has 2 heterocycles. The zero-order chi connectivity index (χ0) is 15.5. The molecule has 7 nitrogen and oxygen atoms in total. The zero-order valence-corrected chi connectivity index (χ0v) is 12.9. The van der Waals surface area contributed by atoms with E-state index in [2.05, 4.69) is 19.7 Å². The Bertz CT molecular complexity index is 711. The first-order valence-electron chi connectivity index (χ1n) is 6.21. The first kappa shape index (κ1) is 15.5. The van der Waals surface area contributed by atoms with Gasteiger partial charge in [0, 0.05) is 18.6 Å². The van der Waals surface area contributed by atoms with Crippen LogP contribution < -0.4 is 10.5 Å². The molecule has 0 saturated carbocycles. The average molecular weight is 325 g/mol. The van der Waals surface area contributed by atoms with E-state index in [-0.39, 0.29) is 9.88 Å². The lowest BCUT2D eigenvalue weighted by Gasteiger charge is -2.15. The Kier molecular flexibility index (Phi) is 4.66. The van der Waals surface area contributed by atoms with E-state index in [9.17, 15) is 8.42 Å². The van der Waals surface area contributed by atoms with Gasteiger partial charge in [0.1, 0.15) is 15.7 Å². The summed E-state index contributed by atoms with van der Waals surface area (Å²) in [4.78, 5) is 11.1. The third kappa shape index (κ3) is 3.63. The number of aromatic nitrogens is 3. The Morgan fingerprint density at radius 3 is 2.71 bits per heavy atom. The lowest BCUT2D eigenvalue weighted by molar-refractivity contribution is 0.539. The fourth-order valence-electron chi connectivity index (χ4n) is 1.74. The molecule has 1 unspecified atom stereocenters. The van der Waals surface area contributed by atoms with Crippen LogP contribution in [0.5, 0.6) is 0 Å². The highest BCUT2D eigenvalue weighted by molar-refractivity contribution is 7.89. The monoisotopic (exact) mass is 325 g/mol. The summed E-state index contributed by atoms with van der Waals surface area (Å²) in [5.74, 6) is 0.564. The van der Waals surface area contributed by atoms with Gasteiger partial charge in [-0.2, -0.15) is 0 Å². The number of sulfonamides is 1. The van der Waals surface area contributed by atoms with Crippen molar-refractivity contribution in [1.29, 1.82) is 0 Å². The van der Waals surface area contributed by atoms with Crippen LogP contribution in [-0.4, -0.2) is 28.4 Å². The van der Waals surface area contributed by atoms with Crippen molar-refractivity contribution in [2.75, 3.05) is 0 Å². The number of nitrogens with zero attached hydrogens (tertiary/aromatic N) is 2. The Morgan fingerprint density at radius 1 is 1.48 bits per heavy atom. The van der Waals surface area contributed by atoms with Gasteiger partial charge in [0.05, 0.1) is 11.7 Å². The van der Waals surface area contributed by atoms with Crippen LogP contribution in [0.4, 0.5) is 0 Å². The van der Waals surface area contributed by atoms with Crippen LogP contribution in [0.1, 0.15) is 30.9 Å². The Labute approximate surface area is 128 Å². The van der Waals surface area contributed by atoms with Crippen molar-refractivity contribution in [3.05, 3.63) is 42.2 Å². The maximum absolute atomic E-state index is 12.3. The summed E-state index contributed by atoms with van der Waals surface area (Å²) < 4.78 is 27.2. The van der Waals surface area contributed by atoms with Crippen molar-refractivity contribution in [3.63, 3.8) is 0 Å². The molecular formula is C12H15N5O2S2. The number of aromatic amines is 1. The summed E-state index contributed by atoms with van der Waals surface area (Å²) in [7, 11) is -3.70. The molecule has 0 aliphatic rings. The first-order valence-corrected chi connectivity index (χ1v) is 8.10. The molecule has 0 aromatic carbocycles. The third-order valence-corrected chi connectivity index (χ3v) is 4.52. The SMILES string of the molecule is CCC(NS(=O)(=O)c1ccc(C(N)=S)nc1)c1ncc[nH]1. The summed E-state index contributed by atoms with van der Waals surface area (Å²) in [6.45, 7) is 1.86. The van der Waals surface area contributed by atoms with Crippen molar-refractivity contribution in [1.82, 2.24) is 19.7 Å². The molecule has 0 fully saturated rings. The number of hydrogen-bond donors (Lipinski definition) is 3. The summed E-state index contributed by atoms with van der Waals surface area (Å²) >= 11 is 4.78. The predicted molar refractivity (Wildman–Crippen MR) is 82.1 cm³/mol. The van der Waals surface area contributed by atoms with Gasteiger partial charge in [-0.25, -0.2) is 18.1 Å². The number of nitrogens with two attached hydrogens (primary N) is 1. The van der Waals surface area contributed by atoms with Gasteiger partial charge in [0.2, 0.25) is 10.0 Å². The number of nitrogens with one attached hydrogen (secondary N) is 2. The topological polar surface area (TPSA) is 114 Å². The molecule has 2 aromatic heterocycles. The number of pyridine rings is 1. The van der Waals surface area contributed by atoms with Gasteiger partial charge in [-0.15, -0.1) is 0 Å². The van der Waals surface area contributed by atoms with E-state index >= 15 is 0 Å². The van der Waals surface area contributed by atoms with Crippen LogP contribution in [0.15, 0.2) is 35.6 Å². The van der Waals surface area contributed by atoms with E-state index in [1.54, 1.807) is 12.4 Å². The number of thiocarbonyl (C=S) groups is 1. The fraction of sp³-hybridized carbons (Fsp3) is 0.250. The van der Waals surface area contributed by atoms with Crippen LogP contribution in [0.3, 0.4) is 0 Å². The second kappa shape index (κ2) is 6.29. The maximum atomic E-state index is 12.3. The minimum Gasteiger partial charge on any atom is -0.388 e. The standard InChI is InChI=1S/C12H15N5O2S2/c1-2-9(12-14-5-6-15-12)17-21(18,19)8-3-4-10(11(13)20)16-7-8/h3-7,9,17H,2H2,1H3,(H2,13,20)(H,14,15). The lowest BCUT2D eigenvalue weighted by Crippen LogP contribution is -2.29. The van der Waals surface area contributed by atoms with Gasteiger partial charge in [0.15, 0.2) is 0 Å². The molecular weight excluding hydrogens is 310 g/mol. The largest absolute Gasteiger partial charge is 0.388 e. The Balaban J connectivity index is 2.23. The summed E-state index contributed by atoms with van der Waals surface area (Å²) in [5.41, 5.74) is 5.81. The smallest absolute Gasteiger partial charge is 0.242 e. The summed E-state index contributed by atoms with van der Waals surface area (Å²) in [6, 6.07) is 2.46. The van der Waals surface area contributed by atoms with E-state index in [0.29, 0.717) is 17.9 Å². The third-order valence-electron chi connectivity index (χ3n) is 2.85. The molecule has 0 aliphatic carbocycles. The highest BCUT2D eigenvalue weighted by Crippen LogP contribution is 2.16. The van der Waals surface area contributed by atoms with Crippen LogP contribution >= 0.6 is 12.2 Å². The van der Waals surface area contributed by atoms with Crippen LogP contribution in [0, 0.1) is 0 Å². The van der Waals surface area contributed by atoms with Crippen molar-refractivity contribution >= 4 is 27.2 Å². The Morgan fingerprint density at radius 2 is 2.24 bits per heavy atom. The van der Waals surface area contributed by atoms with Gasteiger partial charge in [-0.1, -0.05) is 19.1 Å². The summed E-state index contributed by atoms with van der Waals surface area (Å²) in [5, 5.41) is 0. The molecule has 0 amide bonds. The van der Waals surface area contributed by atoms with Gasteiger partial charge in [0.25, 0.3) is 0 Å². The van der Waals surface area contributed by atoms with E-state index in [4.69, 9.17) is 18.0 Å². The molecule has 0 saturated heterocycles. The zero-order valence-electron chi connectivity index (χ0n) is 11.3. The minimum atomic E-state index is -3.70. The van der Waals surface area contributed by atoms with E-state index in [1.165, 1.54) is 18.3 Å². The van der Waals surface area contributed by atoms with Crippen LogP contribution in [0.25, 0.3) is 0 Å². The number of rotatable bonds is 6. The second-order valence-electron chi connectivity index (χ2n) is 4.30. The van der Waals surface area contributed by atoms with Gasteiger partial charge < -0.3 is 10.7 Å². The van der Waals surface area contributed by atoms with Gasteiger partial charge in [-0.05, 0) is 18.6 Å². The molecule has 0 bridgehead atoms. The molecule has 4 N–H and O–H groups in total. The van der Waals surface area contributed by atoms with E-state index in [1.807, 2.05) is 6.92 Å². The highest BCUT2D eigenvalue weighted by atomic mass is 32.2. The normalized spacial score (nSPS) is 13.0. The molecule has 112 valence electrons. The number of imidazole rings is 1. The molecule has 0 radical (unpaired) electrons. The van der Waals surface area contributed by atoms with Crippen molar-refractivity contribution in [2.24, 2.45) is 5.73 Å². The minimum absolute atomic E-state index is 0.0486. The maximum Gasteiger partial charge on any atom is 0.242 e. The average Bonchev–Trinajstić information content (AvgIpc) is 2.99. The van der Waals surface area contributed by atoms with Crippen molar-refractivity contribution in [2.45, 2.75) is 24.3 Å². The molecule has 0 aliphatic heterocycles. The first-order chi connectivity index (χ1) is 9.94. The predicted octanol–water partition coefficient (Wildman–Crippen LogP) is 0.868. The quantitative estimate of drug-likeness (QED) is 0.679. The van der Waals surface area contributed by atoms with Crippen LogP contribution in [0.2, 0.25) is 0 Å². The van der Waals surface area contributed by atoms with Gasteiger partial charge in [-0.3, -0.25) is 4.98 Å². The van der Waals surface area contributed by atoms with E-state index < -0.39 is 16.1 Å². The van der Waals surface area contributed by atoms with Crippen LogP contribution in [-0.2, 0) is 10.0 Å². The highest BCUT2D eigenvalue weighted by Gasteiger charge is 2.22. The fourth-order valence-corrected chi connectivity index (χ4v) is 3.09. The molecule has 0 spiro atoms. The summed E-state index contributed by atoms with van der Waals surface area (Å²) in [6.07, 6.45) is 5.01. The molecule has 21 heavy (non-hydrogen) atoms. The molecule has 2 aromatic rings. The van der Waals surface area contributed by atoms with Crippen molar-refractivity contribution < 1.29 is 8.42 Å².